The highest BCUT2D eigenvalue weighted by atomic mass is 35.5. The first-order valence-corrected chi connectivity index (χ1v) is 8.91. The lowest BCUT2D eigenvalue weighted by molar-refractivity contribution is 0.0939. The van der Waals surface area contributed by atoms with Gasteiger partial charge in [0.15, 0.2) is 9.84 Å². The van der Waals surface area contributed by atoms with Crippen molar-refractivity contribution in [2.24, 2.45) is 0 Å². The average Bonchev–Trinajstić information content (AvgIpc) is 2.46. The lowest BCUT2D eigenvalue weighted by Gasteiger charge is -2.16. The van der Waals surface area contributed by atoms with Gasteiger partial charge < -0.3 is 5.32 Å². The summed E-state index contributed by atoms with van der Waals surface area (Å²) in [7, 11) is -3.35. The Kier molecular flexibility index (Phi) is 4.88. The second-order valence-corrected chi connectivity index (χ2v) is 7.44. The largest absolute Gasteiger partial charge is 0.345 e. The average molecular weight is 338 g/mol. The van der Waals surface area contributed by atoms with E-state index in [2.05, 4.69) is 5.32 Å². The molecule has 0 aliphatic heterocycles. The molecule has 0 spiro atoms. The van der Waals surface area contributed by atoms with Crippen LogP contribution >= 0.6 is 11.6 Å². The molecule has 0 saturated heterocycles. The van der Waals surface area contributed by atoms with E-state index in [0.29, 0.717) is 10.6 Å². The molecule has 0 aliphatic rings. The van der Waals surface area contributed by atoms with Crippen LogP contribution in [0.1, 0.15) is 28.9 Å². The van der Waals surface area contributed by atoms with Gasteiger partial charge >= 0.3 is 0 Å². The van der Waals surface area contributed by atoms with Gasteiger partial charge in [-0.25, -0.2) is 8.42 Å². The smallest absolute Gasteiger partial charge is 0.251 e. The van der Waals surface area contributed by atoms with Crippen molar-refractivity contribution in [2.75, 3.05) is 6.26 Å². The minimum Gasteiger partial charge on any atom is -0.345 e. The third kappa shape index (κ3) is 3.87. The highest BCUT2D eigenvalue weighted by molar-refractivity contribution is 7.90. The van der Waals surface area contributed by atoms with Gasteiger partial charge in [0.1, 0.15) is 0 Å². The summed E-state index contributed by atoms with van der Waals surface area (Å²) in [5.41, 5.74) is 1.10. The van der Waals surface area contributed by atoms with Crippen molar-refractivity contribution >= 4 is 27.3 Å². The summed E-state index contributed by atoms with van der Waals surface area (Å²) in [6.07, 6.45) is 1.11. The number of amides is 1. The Morgan fingerprint density at radius 1 is 1.14 bits per heavy atom. The molecule has 0 aromatic heterocycles. The number of benzene rings is 2. The van der Waals surface area contributed by atoms with Gasteiger partial charge in [0.25, 0.3) is 5.91 Å². The molecule has 0 radical (unpaired) electrons. The Bertz CT molecular complexity index is 803. The Balaban J connectivity index is 2.21. The Morgan fingerprint density at radius 2 is 1.82 bits per heavy atom. The summed E-state index contributed by atoms with van der Waals surface area (Å²) < 4.78 is 23.1. The molecule has 2 rings (SSSR count). The van der Waals surface area contributed by atoms with E-state index in [1.165, 1.54) is 12.1 Å². The van der Waals surface area contributed by atoms with Crippen LogP contribution in [0.3, 0.4) is 0 Å². The van der Waals surface area contributed by atoms with Gasteiger partial charge in [-0.15, -0.1) is 0 Å². The van der Waals surface area contributed by atoms with E-state index in [4.69, 9.17) is 11.6 Å². The van der Waals surface area contributed by atoms with E-state index < -0.39 is 9.84 Å². The van der Waals surface area contributed by atoms with Gasteiger partial charge in [-0.1, -0.05) is 35.9 Å². The van der Waals surface area contributed by atoms with E-state index in [9.17, 15) is 13.2 Å². The zero-order valence-electron chi connectivity index (χ0n) is 12.2. The van der Waals surface area contributed by atoms with Gasteiger partial charge in [-0.3, -0.25) is 4.79 Å². The molecule has 1 atom stereocenters. The molecule has 2 aromatic carbocycles. The zero-order valence-corrected chi connectivity index (χ0v) is 13.8. The standard InChI is InChI=1S/C16H16ClNO3S/c1-11(14-8-3-4-9-15(14)17)18-16(19)12-6-5-7-13(10-12)22(2,20)21/h3-11H,1-2H3,(H,18,19). The zero-order chi connectivity index (χ0) is 16.3. The highest BCUT2D eigenvalue weighted by Gasteiger charge is 2.15. The number of sulfone groups is 1. The maximum absolute atomic E-state index is 12.3. The van der Waals surface area contributed by atoms with Crippen molar-refractivity contribution in [1.29, 1.82) is 0 Å². The highest BCUT2D eigenvalue weighted by Crippen LogP contribution is 2.22. The molecular formula is C16H16ClNO3S. The molecule has 116 valence electrons. The fraction of sp³-hybridized carbons (Fsp3) is 0.188. The fourth-order valence-corrected chi connectivity index (χ4v) is 3.02. The predicted molar refractivity (Wildman–Crippen MR) is 86.9 cm³/mol. The Hall–Kier alpha value is -1.85. The minimum absolute atomic E-state index is 0.116. The third-order valence-electron chi connectivity index (χ3n) is 3.24. The van der Waals surface area contributed by atoms with E-state index >= 15 is 0 Å². The second kappa shape index (κ2) is 6.50. The molecule has 1 amide bonds. The SMILES string of the molecule is CC(NC(=O)c1cccc(S(C)(=O)=O)c1)c1ccccc1Cl. The molecule has 6 heteroatoms. The molecule has 1 N–H and O–H groups in total. The molecule has 1 unspecified atom stereocenters. The first-order chi connectivity index (χ1) is 10.3. The van der Waals surface area contributed by atoms with Crippen molar-refractivity contribution in [1.82, 2.24) is 5.32 Å². The number of nitrogens with one attached hydrogen (secondary N) is 1. The summed E-state index contributed by atoms with van der Waals surface area (Å²) in [5, 5.41) is 3.38. The van der Waals surface area contributed by atoms with Crippen molar-refractivity contribution < 1.29 is 13.2 Å². The van der Waals surface area contributed by atoms with Crippen molar-refractivity contribution in [3.05, 3.63) is 64.7 Å². The molecule has 0 heterocycles. The van der Waals surface area contributed by atoms with Crippen LogP contribution in [0.2, 0.25) is 5.02 Å². The molecule has 0 bridgehead atoms. The first kappa shape index (κ1) is 16.5. The first-order valence-electron chi connectivity index (χ1n) is 6.64. The van der Waals surface area contributed by atoms with Gasteiger partial charge in [-0.05, 0) is 36.8 Å². The molecule has 0 fully saturated rings. The van der Waals surface area contributed by atoms with E-state index in [-0.39, 0.29) is 16.8 Å². The van der Waals surface area contributed by atoms with E-state index in [0.717, 1.165) is 11.8 Å². The van der Waals surface area contributed by atoms with Crippen LogP contribution < -0.4 is 5.32 Å². The minimum atomic E-state index is -3.35. The number of carbonyl (C=O) groups is 1. The maximum atomic E-state index is 12.3. The van der Waals surface area contributed by atoms with Gasteiger partial charge in [0, 0.05) is 16.8 Å². The van der Waals surface area contributed by atoms with Crippen LogP contribution in [-0.2, 0) is 9.84 Å². The third-order valence-corrected chi connectivity index (χ3v) is 4.70. The van der Waals surface area contributed by atoms with Crippen molar-refractivity contribution in [2.45, 2.75) is 17.9 Å². The topological polar surface area (TPSA) is 63.2 Å². The lowest BCUT2D eigenvalue weighted by Crippen LogP contribution is -2.27. The Labute approximate surface area is 135 Å². The maximum Gasteiger partial charge on any atom is 0.251 e. The van der Waals surface area contributed by atoms with Crippen molar-refractivity contribution in [3.8, 4) is 0 Å². The predicted octanol–water partition coefficient (Wildman–Crippen LogP) is 3.23. The van der Waals surface area contributed by atoms with Crippen LogP contribution in [0, 0.1) is 0 Å². The molecule has 0 aliphatic carbocycles. The fourth-order valence-electron chi connectivity index (χ4n) is 2.05. The molecule has 22 heavy (non-hydrogen) atoms. The molecular weight excluding hydrogens is 322 g/mol. The number of hydrogen-bond acceptors (Lipinski definition) is 3. The normalized spacial score (nSPS) is 12.7. The Morgan fingerprint density at radius 3 is 2.45 bits per heavy atom. The van der Waals surface area contributed by atoms with Crippen LogP contribution in [0.5, 0.6) is 0 Å². The second-order valence-electron chi connectivity index (χ2n) is 5.02. The molecule has 0 saturated carbocycles. The van der Waals surface area contributed by atoms with E-state index in [1.54, 1.807) is 18.2 Å². The number of hydrogen-bond donors (Lipinski definition) is 1. The summed E-state index contributed by atoms with van der Waals surface area (Å²) in [5.74, 6) is -0.349. The van der Waals surface area contributed by atoms with Crippen LogP contribution in [-0.4, -0.2) is 20.6 Å². The van der Waals surface area contributed by atoms with Crippen LogP contribution in [0.15, 0.2) is 53.4 Å². The molecule has 2 aromatic rings. The summed E-state index contributed by atoms with van der Waals surface area (Å²) in [6.45, 7) is 1.82. The molecule has 4 nitrogen and oxygen atoms in total. The van der Waals surface area contributed by atoms with Gasteiger partial charge in [0.05, 0.1) is 10.9 Å². The monoisotopic (exact) mass is 337 g/mol. The summed E-state index contributed by atoms with van der Waals surface area (Å²) in [6, 6.07) is 12.9. The number of carbonyl (C=O) groups excluding carboxylic acids is 1. The van der Waals surface area contributed by atoms with E-state index in [1.807, 2.05) is 25.1 Å². The van der Waals surface area contributed by atoms with Crippen LogP contribution in [0.25, 0.3) is 0 Å². The van der Waals surface area contributed by atoms with Gasteiger partial charge in [0.2, 0.25) is 0 Å². The van der Waals surface area contributed by atoms with Gasteiger partial charge in [-0.2, -0.15) is 0 Å². The summed E-state index contributed by atoms with van der Waals surface area (Å²) >= 11 is 6.10. The number of halogens is 1. The number of rotatable bonds is 4. The quantitative estimate of drug-likeness (QED) is 0.931. The van der Waals surface area contributed by atoms with Crippen LogP contribution in [0.4, 0.5) is 0 Å². The van der Waals surface area contributed by atoms with Crippen molar-refractivity contribution in [3.63, 3.8) is 0 Å². The lowest BCUT2D eigenvalue weighted by atomic mass is 10.1. The summed E-state index contributed by atoms with van der Waals surface area (Å²) in [4.78, 5) is 12.4.